The number of anilines is 1. The number of ether oxygens (including phenoxy) is 1. The summed E-state index contributed by atoms with van der Waals surface area (Å²) in [6.07, 6.45) is 0.964. The molecule has 0 radical (unpaired) electrons. The first-order chi connectivity index (χ1) is 22.0. The summed E-state index contributed by atoms with van der Waals surface area (Å²) >= 11 is 0. The van der Waals surface area contributed by atoms with Crippen molar-refractivity contribution in [1.29, 1.82) is 0 Å². The van der Waals surface area contributed by atoms with Gasteiger partial charge in [-0.3, -0.25) is 13.9 Å². The van der Waals surface area contributed by atoms with E-state index in [0.29, 0.717) is 12.2 Å². The van der Waals surface area contributed by atoms with E-state index in [1.165, 1.54) is 24.1 Å². The third kappa shape index (κ3) is 8.54. The van der Waals surface area contributed by atoms with E-state index in [-0.39, 0.29) is 35.5 Å². The molecule has 0 aromatic heterocycles. The molecule has 0 aliphatic carbocycles. The SMILES string of the molecule is CC[C@@H](C)NC(=O)[C@@H](Cc1ccccc1)N(Cc1ccc(C)cc1)C(=O)CN(c1ccccc1OC)S(=O)(=O)c1ccc(C)cc1. The first-order valence-corrected chi connectivity index (χ1v) is 16.9. The molecule has 0 aliphatic rings. The average molecular weight is 642 g/mol. The number of carbonyl (C=O) groups excluding carboxylic acids is 2. The van der Waals surface area contributed by atoms with Gasteiger partial charge >= 0.3 is 0 Å². The van der Waals surface area contributed by atoms with Gasteiger partial charge < -0.3 is 15.0 Å². The maximum absolute atomic E-state index is 14.6. The number of rotatable bonds is 14. The van der Waals surface area contributed by atoms with Gasteiger partial charge in [0.1, 0.15) is 18.3 Å². The minimum atomic E-state index is -4.23. The summed E-state index contributed by atoms with van der Waals surface area (Å²) in [5.74, 6) is -0.530. The molecule has 0 spiro atoms. The Kier molecular flexibility index (Phi) is 11.6. The maximum atomic E-state index is 14.6. The van der Waals surface area contributed by atoms with Crippen molar-refractivity contribution >= 4 is 27.5 Å². The van der Waals surface area contributed by atoms with Gasteiger partial charge in [0, 0.05) is 19.0 Å². The Balaban J connectivity index is 1.83. The lowest BCUT2D eigenvalue weighted by molar-refractivity contribution is -0.140. The molecule has 9 heteroatoms. The van der Waals surface area contributed by atoms with Crippen LogP contribution in [0.2, 0.25) is 0 Å². The highest BCUT2D eigenvalue weighted by atomic mass is 32.2. The Hall–Kier alpha value is -4.63. The molecule has 2 amide bonds. The normalized spacial score (nSPS) is 12.5. The summed E-state index contributed by atoms with van der Waals surface area (Å²) in [7, 11) is -2.78. The second-order valence-electron chi connectivity index (χ2n) is 11.5. The van der Waals surface area contributed by atoms with Crippen LogP contribution in [0.4, 0.5) is 5.69 Å². The first kappa shape index (κ1) is 34.2. The van der Waals surface area contributed by atoms with E-state index in [4.69, 9.17) is 4.74 Å². The third-order valence-electron chi connectivity index (χ3n) is 7.99. The van der Waals surface area contributed by atoms with Crippen LogP contribution in [-0.2, 0) is 32.6 Å². The fourth-order valence-corrected chi connectivity index (χ4v) is 6.50. The Morgan fingerprint density at radius 3 is 2.00 bits per heavy atom. The standard InChI is InChI=1S/C37H43N3O5S/c1-6-29(4)38-37(42)34(24-30-12-8-7-9-13-30)39(25-31-20-16-27(2)17-21-31)36(41)26-40(33-14-10-11-15-35(33)45-5)46(43,44)32-22-18-28(3)19-23-32/h7-23,29,34H,6,24-26H2,1-5H3,(H,38,42)/t29-,34-/m1/s1. The lowest BCUT2D eigenvalue weighted by Crippen LogP contribution is -2.54. The van der Waals surface area contributed by atoms with Gasteiger partial charge in [-0.1, -0.05) is 96.9 Å². The van der Waals surface area contributed by atoms with E-state index in [1.54, 1.807) is 36.4 Å². The minimum absolute atomic E-state index is 0.0391. The molecule has 46 heavy (non-hydrogen) atoms. The molecular formula is C37H43N3O5S. The number of amides is 2. The molecular weight excluding hydrogens is 598 g/mol. The smallest absolute Gasteiger partial charge is 0.264 e. The van der Waals surface area contributed by atoms with Gasteiger partial charge in [-0.15, -0.1) is 0 Å². The number of aryl methyl sites for hydroxylation is 2. The molecule has 1 N–H and O–H groups in total. The summed E-state index contributed by atoms with van der Waals surface area (Å²) in [6.45, 7) is 7.30. The second-order valence-corrected chi connectivity index (χ2v) is 13.4. The summed E-state index contributed by atoms with van der Waals surface area (Å²) in [4.78, 5) is 30.1. The van der Waals surface area contributed by atoms with Crippen molar-refractivity contribution in [3.05, 3.63) is 125 Å². The Bertz CT molecular complexity index is 1710. The zero-order valence-corrected chi connectivity index (χ0v) is 28.0. The first-order valence-electron chi connectivity index (χ1n) is 15.4. The summed E-state index contributed by atoms with van der Waals surface area (Å²) in [5, 5.41) is 3.06. The van der Waals surface area contributed by atoms with E-state index in [1.807, 2.05) is 82.3 Å². The van der Waals surface area contributed by atoms with Crippen molar-refractivity contribution in [3.63, 3.8) is 0 Å². The van der Waals surface area contributed by atoms with Gasteiger partial charge in [0.2, 0.25) is 11.8 Å². The van der Waals surface area contributed by atoms with Crippen molar-refractivity contribution < 1.29 is 22.7 Å². The van der Waals surface area contributed by atoms with Crippen molar-refractivity contribution in [2.45, 2.75) is 64.1 Å². The van der Waals surface area contributed by atoms with Crippen LogP contribution >= 0.6 is 0 Å². The molecule has 8 nitrogen and oxygen atoms in total. The van der Waals surface area contributed by atoms with E-state index >= 15 is 0 Å². The second kappa shape index (κ2) is 15.6. The predicted octanol–water partition coefficient (Wildman–Crippen LogP) is 6.06. The van der Waals surface area contributed by atoms with Crippen molar-refractivity contribution in [2.75, 3.05) is 18.0 Å². The monoisotopic (exact) mass is 641 g/mol. The maximum Gasteiger partial charge on any atom is 0.264 e. The Labute approximate surface area is 273 Å². The molecule has 0 saturated carbocycles. The van der Waals surface area contributed by atoms with Crippen LogP contribution in [0.25, 0.3) is 0 Å². The van der Waals surface area contributed by atoms with Gasteiger partial charge in [-0.2, -0.15) is 0 Å². The summed E-state index contributed by atoms with van der Waals surface area (Å²) in [6, 6.07) is 29.4. The molecule has 242 valence electrons. The molecule has 0 unspecified atom stereocenters. The lowest BCUT2D eigenvalue weighted by Gasteiger charge is -2.34. The number of para-hydroxylation sites is 2. The van der Waals surface area contributed by atoms with E-state index in [2.05, 4.69) is 5.32 Å². The fourth-order valence-electron chi connectivity index (χ4n) is 5.07. The van der Waals surface area contributed by atoms with Crippen LogP contribution in [0.1, 0.15) is 42.5 Å². The van der Waals surface area contributed by atoms with Crippen LogP contribution in [0.15, 0.2) is 108 Å². The van der Waals surface area contributed by atoms with Crippen LogP contribution in [0, 0.1) is 13.8 Å². The van der Waals surface area contributed by atoms with Crippen molar-refractivity contribution in [1.82, 2.24) is 10.2 Å². The van der Waals surface area contributed by atoms with E-state index in [0.717, 1.165) is 26.6 Å². The zero-order chi connectivity index (χ0) is 33.3. The molecule has 4 aromatic rings. The lowest BCUT2D eigenvalue weighted by atomic mass is 10.0. The molecule has 4 aromatic carbocycles. The average Bonchev–Trinajstić information content (AvgIpc) is 3.06. The predicted molar refractivity (Wildman–Crippen MR) is 182 cm³/mol. The number of sulfonamides is 1. The Morgan fingerprint density at radius 2 is 1.39 bits per heavy atom. The quantitative estimate of drug-likeness (QED) is 0.181. The number of hydrogen-bond donors (Lipinski definition) is 1. The number of hydrogen-bond acceptors (Lipinski definition) is 5. The van der Waals surface area contributed by atoms with Gasteiger partial charge in [-0.05, 0) is 62.6 Å². The van der Waals surface area contributed by atoms with Crippen LogP contribution in [-0.4, -0.2) is 50.9 Å². The highest BCUT2D eigenvalue weighted by Crippen LogP contribution is 2.33. The fraction of sp³-hybridized carbons (Fsp3) is 0.297. The number of benzene rings is 4. The van der Waals surface area contributed by atoms with E-state index < -0.39 is 28.5 Å². The summed E-state index contributed by atoms with van der Waals surface area (Å²) in [5.41, 5.74) is 3.88. The molecule has 2 atom stereocenters. The number of carbonyl (C=O) groups is 2. The van der Waals surface area contributed by atoms with Crippen molar-refractivity contribution in [2.24, 2.45) is 0 Å². The minimum Gasteiger partial charge on any atom is -0.495 e. The van der Waals surface area contributed by atoms with Gasteiger partial charge in [-0.25, -0.2) is 8.42 Å². The van der Waals surface area contributed by atoms with Crippen LogP contribution in [0.5, 0.6) is 5.75 Å². The highest BCUT2D eigenvalue weighted by Gasteiger charge is 2.35. The van der Waals surface area contributed by atoms with Crippen molar-refractivity contribution in [3.8, 4) is 5.75 Å². The summed E-state index contributed by atoms with van der Waals surface area (Å²) < 4.78 is 35.2. The largest absolute Gasteiger partial charge is 0.495 e. The van der Waals surface area contributed by atoms with Gasteiger partial charge in [0.15, 0.2) is 0 Å². The van der Waals surface area contributed by atoms with Crippen LogP contribution < -0.4 is 14.4 Å². The number of nitrogens with zero attached hydrogens (tertiary/aromatic N) is 2. The topological polar surface area (TPSA) is 96.0 Å². The van der Waals surface area contributed by atoms with Crippen LogP contribution in [0.3, 0.4) is 0 Å². The van der Waals surface area contributed by atoms with E-state index in [9.17, 15) is 18.0 Å². The number of methoxy groups -OCH3 is 1. The molecule has 4 rings (SSSR count). The molecule has 0 heterocycles. The zero-order valence-electron chi connectivity index (χ0n) is 27.1. The third-order valence-corrected chi connectivity index (χ3v) is 9.76. The van der Waals surface area contributed by atoms with Gasteiger partial charge in [0.05, 0.1) is 17.7 Å². The number of nitrogens with one attached hydrogen (secondary N) is 1. The highest BCUT2D eigenvalue weighted by molar-refractivity contribution is 7.92. The molecule has 0 saturated heterocycles. The Morgan fingerprint density at radius 1 is 0.804 bits per heavy atom. The molecule has 0 fully saturated rings. The molecule has 0 bridgehead atoms. The van der Waals surface area contributed by atoms with Gasteiger partial charge in [0.25, 0.3) is 10.0 Å². The molecule has 0 aliphatic heterocycles.